The molecule has 3 aromatic rings. The molecule has 6 heteroatoms. The molecule has 1 fully saturated rings. The van der Waals surface area contributed by atoms with Crippen LogP contribution in [0.15, 0.2) is 89.5 Å². The zero-order chi connectivity index (χ0) is 24.1. The summed E-state index contributed by atoms with van der Waals surface area (Å²) < 4.78 is 0. The van der Waals surface area contributed by atoms with Gasteiger partial charge in [0.2, 0.25) is 5.91 Å². The smallest absolute Gasteiger partial charge is 0.264 e. The fourth-order valence-electron chi connectivity index (χ4n) is 3.72. The Hall–Kier alpha value is -3.82. The molecule has 1 aliphatic rings. The first kappa shape index (κ1) is 23.3. The second-order valence-corrected chi connectivity index (χ2v) is 9.46. The Labute approximate surface area is 204 Å². The molecule has 0 aromatic heterocycles. The van der Waals surface area contributed by atoms with Gasteiger partial charge in [-0.1, -0.05) is 89.6 Å². The van der Waals surface area contributed by atoms with Gasteiger partial charge in [-0.05, 0) is 43.5 Å². The number of nitrogens with one attached hydrogen (secondary N) is 1. The van der Waals surface area contributed by atoms with Crippen molar-refractivity contribution in [3.63, 3.8) is 0 Å². The molecule has 170 valence electrons. The molecule has 5 nitrogen and oxygen atoms in total. The molecule has 34 heavy (non-hydrogen) atoms. The zero-order valence-corrected chi connectivity index (χ0v) is 19.9. The summed E-state index contributed by atoms with van der Waals surface area (Å²) in [5.41, 5.74) is 4.77. The topological polar surface area (TPSA) is 73.2 Å². The van der Waals surface area contributed by atoms with E-state index in [0.717, 1.165) is 22.3 Å². The van der Waals surface area contributed by atoms with Crippen molar-refractivity contribution in [1.29, 1.82) is 5.26 Å². The molecule has 1 unspecified atom stereocenters. The largest absolute Gasteiger partial charge is 0.347 e. The van der Waals surface area contributed by atoms with Gasteiger partial charge in [-0.15, -0.1) is 0 Å². The van der Waals surface area contributed by atoms with Crippen LogP contribution in [0.4, 0.5) is 5.69 Å². The number of nitriles is 1. The van der Waals surface area contributed by atoms with Crippen LogP contribution in [0.2, 0.25) is 0 Å². The molecule has 4 rings (SSSR count). The maximum atomic E-state index is 13.5. The van der Waals surface area contributed by atoms with Crippen molar-refractivity contribution in [1.82, 2.24) is 5.32 Å². The number of anilines is 1. The highest BCUT2D eigenvalue weighted by atomic mass is 32.2. The van der Waals surface area contributed by atoms with Crippen molar-refractivity contribution in [3.8, 4) is 6.07 Å². The van der Waals surface area contributed by atoms with Crippen LogP contribution in [0, 0.1) is 25.2 Å². The number of hydrogen-bond acceptors (Lipinski definition) is 4. The van der Waals surface area contributed by atoms with Gasteiger partial charge in [-0.3, -0.25) is 14.5 Å². The van der Waals surface area contributed by atoms with E-state index in [1.165, 1.54) is 16.7 Å². The van der Waals surface area contributed by atoms with Gasteiger partial charge in [0, 0.05) is 12.2 Å². The van der Waals surface area contributed by atoms with E-state index in [4.69, 9.17) is 0 Å². The third kappa shape index (κ3) is 5.22. The molecule has 2 amide bonds. The van der Waals surface area contributed by atoms with E-state index in [1.807, 2.05) is 92.7 Å². The lowest BCUT2D eigenvalue weighted by molar-refractivity contribution is -0.117. The molecule has 1 N–H and O–H groups in total. The number of rotatable bonds is 6. The molecule has 0 aliphatic carbocycles. The van der Waals surface area contributed by atoms with Gasteiger partial charge in [0.15, 0.2) is 0 Å². The Morgan fingerprint density at radius 3 is 2.18 bits per heavy atom. The first-order valence-electron chi connectivity index (χ1n) is 11.1. The average Bonchev–Trinajstić information content (AvgIpc) is 3.16. The van der Waals surface area contributed by atoms with Crippen molar-refractivity contribution in [3.05, 3.63) is 112 Å². The first-order chi connectivity index (χ1) is 16.5. The van der Waals surface area contributed by atoms with Crippen molar-refractivity contribution in [2.75, 3.05) is 4.90 Å². The van der Waals surface area contributed by atoms with Crippen molar-refractivity contribution in [2.45, 2.75) is 32.1 Å². The van der Waals surface area contributed by atoms with E-state index >= 15 is 0 Å². The van der Waals surface area contributed by atoms with Crippen LogP contribution in [-0.2, 0) is 22.6 Å². The van der Waals surface area contributed by atoms with E-state index in [0.29, 0.717) is 23.7 Å². The van der Waals surface area contributed by atoms with Gasteiger partial charge in [0.05, 0.1) is 5.25 Å². The fraction of sp³-hybridized carbons (Fsp3) is 0.179. The Kier molecular flexibility index (Phi) is 7.15. The predicted octanol–water partition coefficient (Wildman–Crippen LogP) is 5.05. The first-order valence-corrected chi connectivity index (χ1v) is 11.9. The van der Waals surface area contributed by atoms with Gasteiger partial charge < -0.3 is 5.32 Å². The van der Waals surface area contributed by atoms with Crippen LogP contribution in [0.3, 0.4) is 0 Å². The fourth-order valence-corrected chi connectivity index (χ4v) is 5.03. The van der Waals surface area contributed by atoms with Crippen LogP contribution in [-0.4, -0.2) is 17.1 Å². The second kappa shape index (κ2) is 10.4. The van der Waals surface area contributed by atoms with E-state index in [1.54, 1.807) is 0 Å². The lowest BCUT2D eigenvalue weighted by atomic mass is 10.1. The summed E-state index contributed by atoms with van der Waals surface area (Å²) in [7, 11) is 0. The summed E-state index contributed by atoms with van der Waals surface area (Å²) in [6.07, 6.45) is 0.514. The number of hydrogen-bond donors (Lipinski definition) is 1. The number of aryl methyl sites for hydroxylation is 2. The summed E-state index contributed by atoms with van der Waals surface area (Å²) in [5, 5.41) is 12.7. The minimum absolute atomic E-state index is 0.0544. The van der Waals surface area contributed by atoms with Crippen LogP contribution in [0.25, 0.3) is 0 Å². The third-order valence-electron chi connectivity index (χ3n) is 5.64. The minimum Gasteiger partial charge on any atom is -0.347 e. The molecule has 1 heterocycles. The van der Waals surface area contributed by atoms with Gasteiger partial charge in [-0.2, -0.15) is 5.26 Å². The highest BCUT2D eigenvalue weighted by Crippen LogP contribution is 2.42. The van der Waals surface area contributed by atoms with Crippen LogP contribution in [0.1, 0.15) is 22.3 Å². The van der Waals surface area contributed by atoms with Crippen LogP contribution < -0.4 is 10.2 Å². The van der Waals surface area contributed by atoms with E-state index in [2.05, 4.69) is 11.4 Å². The lowest BCUT2D eigenvalue weighted by Crippen LogP contribution is -2.32. The highest BCUT2D eigenvalue weighted by molar-refractivity contribution is 8.05. The highest BCUT2D eigenvalue weighted by Gasteiger charge is 2.40. The maximum absolute atomic E-state index is 13.5. The van der Waals surface area contributed by atoms with Crippen molar-refractivity contribution >= 4 is 29.3 Å². The molecule has 1 saturated heterocycles. The molecule has 0 saturated carbocycles. The summed E-state index contributed by atoms with van der Waals surface area (Å²) in [6, 6.07) is 27.2. The number of thioether (sulfide) groups is 1. The number of carbonyl (C=O) groups is 2. The second-order valence-electron chi connectivity index (χ2n) is 8.27. The molecular formula is C28H25N3O2S. The molecular weight excluding hydrogens is 442 g/mol. The number of amides is 2. The molecule has 0 spiro atoms. The summed E-state index contributed by atoms with van der Waals surface area (Å²) in [5.74, 6) is -0.622. The predicted molar refractivity (Wildman–Crippen MR) is 136 cm³/mol. The number of nitrogens with zero attached hydrogens (tertiary/aromatic N) is 2. The monoisotopic (exact) mass is 467 g/mol. The minimum atomic E-state index is -0.491. The molecule has 1 aliphatic heterocycles. The Morgan fingerprint density at radius 1 is 0.941 bits per heavy atom. The SMILES string of the molecule is Cc1ccc(CC2S/C(=C(/C#N)C(=O)NCc3ccccc3)N(c3ccc(C)cc3)C2=O)cc1. The maximum Gasteiger partial charge on any atom is 0.264 e. The summed E-state index contributed by atoms with van der Waals surface area (Å²) in [6.45, 7) is 4.29. The van der Waals surface area contributed by atoms with Crippen molar-refractivity contribution < 1.29 is 9.59 Å². The molecule has 0 bridgehead atoms. The summed E-state index contributed by atoms with van der Waals surface area (Å²) >= 11 is 1.28. The molecule has 0 radical (unpaired) electrons. The lowest BCUT2D eigenvalue weighted by Gasteiger charge is -2.19. The molecule has 3 aromatic carbocycles. The van der Waals surface area contributed by atoms with Crippen molar-refractivity contribution in [2.24, 2.45) is 0 Å². The van der Waals surface area contributed by atoms with E-state index < -0.39 is 11.2 Å². The number of benzene rings is 3. The quantitative estimate of drug-likeness (QED) is 0.407. The molecule has 1 atom stereocenters. The Bertz CT molecular complexity index is 1260. The van der Waals surface area contributed by atoms with Crippen LogP contribution >= 0.6 is 11.8 Å². The van der Waals surface area contributed by atoms with Crippen LogP contribution in [0.5, 0.6) is 0 Å². The van der Waals surface area contributed by atoms with Gasteiger partial charge in [0.25, 0.3) is 5.91 Å². The van der Waals surface area contributed by atoms with E-state index in [9.17, 15) is 14.9 Å². The Balaban J connectivity index is 1.66. The van der Waals surface area contributed by atoms with Gasteiger partial charge >= 0.3 is 0 Å². The standard InChI is InChI=1S/C28H25N3O2S/c1-19-8-12-21(13-9-19)16-25-27(33)31(23-14-10-20(2)11-15-23)28(34-25)24(17-29)26(32)30-18-22-6-4-3-5-7-22/h3-15,25H,16,18H2,1-2H3,(H,30,32)/b28-24-. The summed E-state index contributed by atoms with van der Waals surface area (Å²) in [4.78, 5) is 28.1. The van der Waals surface area contributed by atoms with Gasteiger partial charge in [-0.25, -0.2) is 0 Å². The van der Waals surface area contributed by atoms with E-state index in [-0.39, 0.29) is 11.5 Å². The number of carbonyl (C=O) groups excluding carboxylic acids is 2. The normalized spacial score (nSPS) is 16.8. The Morgan fingerprint density at radius 2 is 1.56 bits per heavy atom. The zero-order valence-electron chi connectivity index (χ0n) is 19.1. The third-order valence-corrected chi connectivity index (χ3v) is 6.90. The average molecular weight is 468 g/mol. The van der Waals surface area contributed by atoms with Gasteiger partial charge in [0.1, 0.15) is 16.7 Å².